The van der Waals surface area contributed by atoms with Gasteiger partial charge in [0, 0.05) is 29.1 Å². The third-order valence-electron chi connectivity index (χ3n) is 4.11. The Morgan fingerprint density at radius 1 is 1.23 bits per heavy atom. The van der Waals surface area contributed by atoms with E-state index in [4.69, 9.17) is 16.6 Å². The molecule has 0 N–H and O–H groups in total. The molecule has 3 nitrogen and oxygen atoms in total. The molecule has 5 heteroatoms. The van der Waals surface area contributed by atoms with Crippen molar-refractivity contribution in [1.82, 2.24) is 9.88 Å². The predicted molar refractivity (Wildman–Crippen MR) is 91.4 cm³/mol. The minimum Gasteiger partial charge on any atom is -0.342 e. The van der Waals surface area contributed by atoms with Crippen molar-refractivity contribution in [2.75, 3.05) is 13.1 Å². The molecule has 2 heterocycles. The van der Waals surface area contributed by atoms with Gasteiger partial charge in [0.1, 0.15) is 5.01 Å². The van der Waals surface area contributed by atoms with Crippen LogP contribution in [-0.4, -0.2) is 28.9 Å². The number of aromatic nitrogens is 1. The normalized spacial score (nSPS) is 15.3. The fourth-order valence-electron chi connectivity index (χ4n) is 2.72. The van der Waals surface area contributed by atoms with Crippen molar-refractivity contribution in [3.8, 4) is 11.3 Å². The Kier molecular flexibility index (Phi) is 4.24. The van der Waals surface area contributed by atoms with Gasteiger partial charge in [0.15, 0.2) is 0 Å². The number of hydrogen-bond donors (Lipinski definition) is 0. The van der Waals surface area contributed by atoms with E-state index in [1.165, 1.54) is 0 Å². The Morgan fingerprint density at radius 2 is 1.86 bits per heavy atom. The number of carbonyl (C=O) groups is 1. The van der Waals surface area contributed by atoms with Crippen molar-refractivity contribution in [3.63, 3.8) is 0 Å². The van der Waals surface area contributed by atoms with Crippen molar-refractivity contribution in [1.29, 1.82) is 0 Å². The molecule has 0 saturated carbocycles. The number of thiazole rings is 1. The third-order valence-corrected chi connectivity index (χ3v) is 5.52. The Hall–Kier alpha value is -1.39. The van der Waals surface area contributed by atoms with Gasteiger partial charge >= 0.3 is 0 Å². The highest BCUT2D eigenvalue weighted by molar-refractivity contribution is 7.10. The van der Waals surface area contributed by atoms with Crippen LogP contribution in [0.15, 0.2) is 29.6 Å². The first kappa shape index (κ1) is 15.5. The van der Waals surface area contributed by atoms with E-state index in [9.17, 15) is 4.79 Å². The summed E-state index contributed by atoms with van der Waals surface area (Å²) in [6, 6.07) is 7.62. The van der Waals surface area contributed by atoms with Gasteiger partial charge in [0.2, 0.25) is 5.91 Å². The van der Waals surface area contributed by atoms with Crippen LogP contribution in [0, 0.1) is 0 Å². The number of nitrogens with zero attached hydrogens (tertiary/aromatic N) is 2. The van der Waals surface area contributed by atoms with Gasteiger partial charge in [-0.1, -0.05) is 23.7 Å². The summed E-state index contributed by atoms with van der Waals surface area (Å²) in [6.45, 7) is 5.69. The minimum atomic E-state index is -0.570. The second kappa shape index (κ2) is 6.01. The molecule has 0 atom stereocenters. The molecule has 3 rings (SSSR count). The third kappa shape index (κ3) is 2.90. The molecule has 0 radical (unpaired) electrons. The lowest BCUT2D eigenvalue weighted by molar-refractivity contribution is -0.135. The number of rotatable bonds is 3. The van der Waals surface area contributed by atoms with Crippen LogP contribution in [0.3, 0.4) is 0 Å². The highest BCUT2D eigenvalue weighted by Crippen LogP contribution is 2.33. The van der Waals surface area contributed by atoms with E-state index in [1.807, 2.05) is 48.4 Å². The van der Waals surface area contributed by atoms with E-state index in [0.717, 1.165) is 42.2 Å². The number of benzene rings is 1. The zero-order valence-electron chi connectivity index (χ0n) is 12.8. The van der Waals surface area contributed by atoms with E-state index in [0.29, 0.717) is 5.02 Å². The molecule has 0 spiro atoms. The summed E-state index contributed by atoms with van der Waals surface area (Å²) < 4.78 is 0. The van der Waals surface area contributed by atoms with E-state index in [1.54, 1.807) is 11.3 Å². The predicted octanol–water partition coefficient (Wildman–Crippen LogP) is 4.36. The first-order valence-corrected chi connectivity index (χ1v) is 8.75. The lowest BCUT2D eigenvalue weighted by atomic mass is 9.92. The quantitative estimate of drug-likeness (QED) is 0.835. The van der Waals surface area contributed by atoms with E-state index in [-0.39, 0.29) is 5.91 Å². The molecule has 0 unspecified atom stereocenters. The Labute approximate surface area is 139 Å². The van der Waals surface area contributed by atoms with Crippen LogP contribution in [0.1, 0.15) is 31.7 Å². The summed E-state index contributed by atoms with van der Waals surface area (Å²) in [6.07, 6.45) is 2.21. The highest BCUT2D eigenvalue weighted by Gasteiger charge is 2.37. The van der Waals surface area contributed by atoms with Gasteiger partial charge in [-0.25, -0.2) is 4.98 Å². The second-order valence-electron chi connectivity index (χ2n) is 6.17. The van der Waals surface area contributed by atoms with Gasteiger partial charge in [-0.2, -0.15) is 0 Å². The molecule has 1 aliphatic heterocycles. The fraction of sp³-hybridized carbons (Fsp3) is 0.412. The molecule has 1 saturated heterocycles. The maximum Gasteiger partial charge on any atom is 0.235 e. The summed E-state index contributed by atoms with van der Waals surface area (Å²) in [4.78, 5) is 19.4. The van der Waals surface area contributed by atoms with Crippen molar-refractivity contribution in [2.45, 2.75) is 32.1 Å². The van der Waals surface area contributed by atoms with Gasteiger partial charge in [-0.05, 0) is 38.8 Å². The van der Waals surface area contributed by atoms with Crippen molar-refractivity contribution >= 4 is 28.8 Å². The molecule has 22 heavy (non-hydrogen) atoms. The van der Waals surface area contributed by atoms with Crippen LogP contribution in [0.2, 0.25) is 5.02 Å². The average molecular weight is 335 g/mol. The largest absolute Gasteiger partial charge is 0.342 e. The zero-order valence-corrected chi connectivity index (χ0v) is 14.4. The lowest BCUT2D eigenvalue weighted by Crippen LogP contribution is -2.41. The van der Waals surface area contributed by atoms with Crippen LogP contribution < -0.4 is 0 Å². The van der Waals surface area contributed by atoms with Crippen molar-refractivity contribution in [3.05, 3.63) is 39.7 Å². The van der Waals surface area contributed by atoms with Gasteiger partial charge < -0.3 is 4.90 Å². The lowest BCUT2D eigenvalue weighted by Gasteiger charge is -2.27. The molecule has 0 bridgehead atoms. The average Bonchev–Trinajstić information content (AvgIpc) is 3.19. The summed E-state index contributed by atoms with van der Waals surface area (Å²) >= 11 is 7.47. The zero-order chi connectivity index (χ0) is 15.7. The Bertz CT molecular complexity index is 672. The smallest absolute Gasteiger partial charge is 0.235 e. The van der Waals surface area contributed by atoms with Crippen LogP contribution >= 0.6 is 22.9 Å². The summed E-state index contributed by atoms with van der Waals surface area (Å²) in [7, 11) is 0. The van der Waals surface area contributed by atoms with Crippen LogP contribution in [0.4, 0.5) is 0 Å². The SMILES string of the molecule is CC(C)(C(=O)N1CCCC1)c1nc(-c2ccc(Cl)cc2)cs1. The maximum atomic E-state index is 12.7. The number of amides is 1. The highest BCUT2D eigenvalue weighted by atomic mass is 35.5. The molecule has 1 aromatic heterocycles. The van der Waals surface area contributed by atoms with E-state index < -0.39 is 5.41 Å². The molecule has 116 valence electrons. The summed E-state index contributed by atoms with van der Waals surface area (Å²) in [5, 5.41) is 3.59. The van der Waals surface area contributed by atoms with Crippen molar-refractivity contribution < 1.29 is 4.79 Å². The number of hydrogen-bond acceptors (Lipinski definition) is 3. The minimum absolute atomic E-state index is 0.182. The molecule has 1 aliphatic rings. The fourth-order valence-corrected chi connectivity index (χ4v) is 3.79. The molecule has 1 amide bonds. The van der Waals surface area contributed by atoms with Crippen molar-refractivity contribution in [2.24, 2.45) is 0 Å². The van der Waals surface area contributed by atoms with Gasteiger partial charge in [-0.3, -0.25) is 4.79 Å². The van der Waals surface area contributed by atoms with Gasteiger partial charge in [0.05, 0.1) is 11.1 Å². The van der Waals surface area contributed by atoms with Gasteiger partial charge in [0.25, 0.3) is 0 Å². The monoisotopic (exact) mass is 334 g/mol. The second-order valence-corrected chi connectivity index (χ2v) is 7.46. The molecule has 2 aromatic rings. The molecule has 0 aliphatic carbocycles. The summed E-state index contributed by atoms with van der Waals surface area (Å²) in [5.74, 6) is 0.182. The Morgan fingerprint density at radius 3 is 2.50 bits per heavy atom. The number of halogens is 1. The molecule has 1 aromatic carbocycles. The van der Waals surface area contributed by atoms with Crippen LogP contribution in [-0.2, 0) is 10.2 Å². The van der Waals surface area contributed by atoms with E-state index in [2.05, 4.69) is 0 Å². The van der Waals surface area contributed by atoms with Crippen LogP contribution in [0.25, 0.3) is 11.3 Å². The Balaban J connectivity index is 1.85. The molecule has 1 fully saturated rings. The number of carbonyl (C=O) groups excluding carboxylic acids is 1. The molecular formula is C17H19ClN2OS. The first-order valence-electron chi connectivity index (χ1n) is 7.50. The van der Waals surface area contributed by atoms with Gasteiger partial charge in [-0.15, -0.1) is 11.3 Å². The first-order chi connectivity index (χ1) is 10.5. The maximum absolute atomic E-state index is 12.7. The standard InChI is InChI=1S/C17H19ClN2OS/c1-17(2,16(21)20-9-3-4-10-20)15-19-14(11-22-15)12-5-7-13(18)8-6-12/h5-8,11H,3-4,9-10H2,1-2H3. The summed E-state index contributed by atoms with van der Waals surface area (Å²) in [5.41, 5.74) is 1.36. The topological polar surface area (TPSA) is 33.2 Å². The molecular weight excluding hydrogens is 316 g/mol. The van der Waals surface area contributed by atoms with Crippen LogP contribution in [0.5, 0.6) is 0 Å². The number of likely N-dealkylation sites (tertiary alicyclic amines) is 1. The van der Waals surface area contributed by atoms with E-state index >= 15 is 0 Å².